The Bertz CT molecular complexity index is 1200. The van der Waals surface area contributed by atoms with Crippen LogP contribution in [0.5, 0.6) is 5.75 Å². The number of benzene rings is 1. The molecular weight excluding hydrogens is 641 g/mol. The molecule has 276 valence electrons. The highest BCUT2D eigenvalue weighted by Crippen LogP contribution is 2.42. The molecule has 0 amide bonds. The molecule has 0 aliphatic heterocycles. The van der Waals surface area contributed by atoms with E-state index in [9.17, 15) is 9.59 Å². The fourth-order valence-corrected chi connectivity index (χ4v) is 7.85. The SMILES string of the molecule is COC(=O)[C@H](O[Si](C)(C)C(C)(C)C)[C@@H](OC)[C@H](C)[C@H](OCc1ccc(OC)cc1)[C@@H](C)[C@H](O[Si](C)(C)C(C)(C)C)/C(C)=C/[C@@H](C)C(C)=O. The fraction of sp³-hybridized carbons (Fsp3) is 0.737. The van der Waals surface area contributed by atoms with E-state index in [-0.39, 0.29) is 39.7 Å². The first-order valence-electron chi connectivity index (χ1n) is 17.2. The van der Waals surface area contributed by atoms with Crippen molar-refractivity contribution in [2.45, 2.75) is 143 Å². The molecule has 0 radical (unpaired) electrons. The average Bonchev–Trinajstić information content (AvgIpc) is 2.98. The third-order valence-corrected chi connectivity index (χ3v) is 19.6. The highest BCUT2D eigenvalue weighted by Gasteiger charge is 2.48. The van der Waals surface area contributed by atoms with Crippen LogP contribution in [0, 0.1) is 17.8 Å². The monoisotopic (exact) mass is 708 g/mol. The molecular formula is C38H68O8Si2. The van der Waals surface area contributed by atoms with Gasteiger partial charge in [-0.1, -0.05) is 80.5 Å². The number of hydrogen-bond acceptors (Lipinski definition) is 8. The normalized spacial score (nSPS) is 17.9. The Morgan fingerprint density at radius 1 is 0.750 bits per heavy atom. The summed E-state index contributed by atoms with van der Waals surface area (Å²) in [6, 6.07) is 7.80. The van der Waals surface area contributed by atoms with E-state index in [4.69, 9.17) is 27.8 Å². The minimum atomic E-state index is -2.43. The standard InChI is InChI=1S/C38H68O8Si2/c1-25(29(5)39)23-26(2)32(45-47(15,16)37(6,7)8)27(3)33(44-24-30-19-21-31(41-12)22-20-30)28(4)34(42-13)35(36(40)43-14)46-48(17,18)38(9,10)11/h19-23,25,27-28,32-35H,24H2,1-18H3/b26-23+/t25-,27+,28-,32-,33-,34+,35-/m1/s1. The van der Waals surface area contributed by atoms with Crippen LogP contribution in [0.15, 0.2) is 35.9 Å². The molecule has 1 aromatic rings. The Morgan fingerprint density at radius 2 is 1.23 bits per heavy atom. The van der Waals surface area contributed by atoms with Crippen LogP contribution >= 0.6 is 0 Å². The molecule has 1 rings (SSSR count). The molecule has 0 saturated heterocycles. The topological polar surface area (TPSA) is 89.5 Å². The third kappa shape index (κ3) is 11.9. The third-order valence-electron chi connectivity index (χ3n) is 10.7. The van der Waals surface area contributed by atoms with Crippen molar-refractivity contribution in [3.05, 3.63) is 41.5 Å². The number of methoxy groups -OCH3 is 3. The van der Waals surface area contributed by atoms with E-state index in [1.165, 1.54) is 7.11 Å². The quantitative estimate of drug-likeness (QED) is 0.0849. The van der Waals surface area contributed by atoms with Gasteiger partial charge in [-0.2, -0.15) is 0 Å². The van der Waals surface area contributed by atoms with Crippen LogP contribution in [0.3, 0.4) is 0 Å². The van der Waals surface area contributed by atoms with E-state index < -0.39 is 40.9 Å². The number of carbonyl (C=O) groups is 2. The molecule has 0 saturated carbocycles. The largest absolute Gasteiger partial charge is 0.497 e. The van der Waals surface area contributed by atoms with Crippen molar-refractivity contribution >= 4 is 28.4 Å². The van der Waals surface area contributed by atoms with E-state index in [0.717, 1.165) is 16.9 Å². The van der Waals surface area contributed by atoms with E-state index in [0.29, 0.717) is 6.61 Å². The highest BCUT2D eigenvalue weighted by molar-refractivity contribution is 6.74. The Balaban J connectivity index is 3.86. The average molecular weight is 709 g/mol. The molecule has 1 aromatic carbocycles. The number of Topliss-reactive ketones (excluding diaryl/α,β-unsaturated/α-hetero) is 1. The first-order valence-corrected chi connectivity index (χ1v) is 23.1. The molecule has 0 aromatic heterocycles. The molecule has 0 aliphatic carbocycles. The van der Waals surface area contributed by atoms with Gasteiger partial charge in [0, 0.05) is 24.9 Å². The van der Waals surface area contributed by atoms with Gasteiger partial charge in [0.15, 0.2) is 22.7 Å². The number of ketones is 1. The first kappa shape index (κ1) is 44.2. The van der Waals surface area contributed by atoms with E-state index in [1.54, 1.807) is 21.1 Å². The van der Waals surface area contributed by atoms with Gasteiger partial charge >= 0.3 is 5.97 Å². The summed E-state index contributed by atoms with van der Waals surface area (Å²) in [7, 11) is -0.0931. The minimum Gasteiger partial charge on any atom is -0.497 e. The fourth-order valence-electron chi connectivity index (χ4n) is 5.25. The molecule has 7 atom stereocenters. The molecule has 0 heterocycles. The Hall–Kier alpha value is -1.83. The second-order valence-corrected chi connectivity index (χ2v) is 26.0. The summed E-state index contributed by atoms with van der Waals surface area (Å²) in [5.41, 5.74) is 1.96. The summed E-state index contributed by atoms with van der Waals surface area (Å²) in [6.45, 7) is 31.9. The van der Waals surface area contributed by atoms with Crippen LogP contribution in [0.1, 0.15) is 81.7 Å². The van der Waals surface area contributed by atoms with Crippen molar-refractivity contribution in [2.24, 2.45) is 17.8 Å². The van der Waals surface area contributed by atoms with E-state index in [2.05, 4.69) is 81.6 Å². The number of rotatable bonds is 18. The number of carbonyl (C=O) groups excluding carboxylic acids is 2. The zero-order valence-electron chi connectivity index (χ0n) is 33.4. The lowest BCUT2D eigenvalue weighted by atomic mass is 9.81. The number of ether oxygens (including phenoxy) is 4. The van der Waals surface area contributed by atoms with Crippen molar-refractivity contribution in [2.75, 3.05) is 21.3 Å². The summed E-state index contributed by atoms with van der Waals surface area (Å²) >= 11 is 0. The Labute approximate surface area is 294 Å². The lowest BCUT2D eigenvalue weighted by molar-refractivity contribution is -0.165. The zero-order chi connectivity index (χ0) is 37.4. The predicted octanol–water partition coefficient (Wildman–Crippen LogP) is 8.99. The molecule has 0 unspecified atom stereocenters. The summed E-state index contributed by atoms with van der Waals surface area (Å²) in [4.78, 5) is 25.8. The second-order valence-electron chi connectivity index (χ2n) is 16.5. The van der Waals surface area contributed by atoms with Gasteiger partial charge in [-0.05, 0) is 73.4 Å². The molecule has 0 bridgehead atoms. The van der Waals surface area contributed by atoms with Crippen molar-refractivity contribution in [1.82, 2.24) is 0 Å². The molecule has 0 aliphatic rings. The van der Waals surface area contributed by atoms with Crippen LogP contribution in [-0.4, -0.2) is 74.1 Å². The number of esters is 1. The van der Waals surface area contributed by atoms with Gasteiger partial charge in [0.25, 0.3) is 0 Å². The maximum absolute atomic E-state index is 13.5. The van der Waals surface area contributed by atoms with Gasteiger partial charge in [-0.3, -0.25) is 4.79 Å². The summed E-state index contributed by atoms with van der Waals surface area (Å²) in [5.74, 6) is -0.403. The van der Waals surface area contributed by atoms with Gasteiger partial charge in [0.05, 0.1) is 39.1 Å². The summed E-state index contributed by atoms with van der Waals surface area (Å²) in [5, 5.41) is -0.194. The lowest BCUT2D eigenvalue weighted by Gasteiger charge is -2.45. The van der Waals surface area contributed by atoms with Gasteiger partial charge < -0.3 is 27.8 Å². The van der Waals surface area contributed by atoms with Gasteiger partial charge in [0.1, 0.15) is 11.5 Å². The Morgan fingerprint density at radius 3 is 1.62 bits per heavy atom. The van der Waals surface area contributed by atoms with Crippen molar-refractivity contribution < 1.29 is 37.4 Å². The second kappa shape index (κ2) is 17.9. The van der Waals surface area contributed by atoms with Gasteiger partial charge in [0.2, 0.25) is 0 Å². The number of allylic oxidation sites excluding steroid dienone is 1. The summed E-state index contributed by atoms with van der Waals surface area (Å²) < 4.78 is 37.7. The van der Waals surface area contributed by atoms with Crippen molar-refractivity contribution in [3.8, 4) is 5.75 Å². The maximum Gasteiger partial charge on any atom is 0.336 e. The molecule has 0 fully saturated rings. The molecule has 8 nitrogen and oxygen atoms in total. The minimum absolute atomic E-state index is 0.0510. The van der Waals surface area contributed by atoms with E-state index >= 15 is 0 Å². The summed E-state index contributed by atoms with van der Waals surface area (Å²) in [6.07, 6.45) is -0.412. The smallest absolute Gasteiger partial charge is 0.336 e. The van der Waals surface area contributed by atoms with Gasteiger partial charge in [-0.25, -0.2) is 4.79 Å². The number of hydrogen-bond donors (Lipinski definition) is 0. The predicted molar refractivity (Wildman–Crippen MR) is 200 cm³/mol. The van der Waals surface area contributed by atoms with Crippen LogP contribution in [0.2, 0.25) is 36.3 Å². The first-order chi connectivity index (χ1) is 21.8. The Kier molecular flexibility index (Phi) is 16.5. The molecule has 0 spiro atoms. The highest BCUT2D eigenvalue weighted by atomic mass is 28.4. The van der Waals surface area contributed by atoms with Crippen LogP contribution in [-0.2, 0) is 39.3 Å². The molecule has 48 heavy (non-hydrogen) atoms. The molecule has 10 heteroatoms. The lowest BCUT2D eigenvalue weighted by Crippen LogP contribution is -2.55. The van der Waals surface area contributed by atoms with Crippen LogP contribution in [0.4, 0.5) is 0 Å². The van der Waals surface area contributed by atoms with Crippen LogP contribution < -0.4 is 4.74 Å². The van der Waals surface area contributed by atoms with Crippen molar-refractivity contribution in [1.29, 1.82) is 0 Å². The maximum atomic E-state index is 13.5. The van der Waals surface area contributed by atoms with Crippen LogP contribution in [0.25, 0.3) is 0 Å². The zero-order valence-corrected chi connectivity index (χ0v) is 35.4. The molecule has 0 N–H and O–H groups in total. The van der Waals surface area contributed by atoms with Gasteiger partial charge in [-0.15, -0.1) is 0 Å². The van der Waals surface area contributed by atoms with E-state index in [1.807, 2.05) is 44.2 Å². The van der Waals surface area contributed by atoms with Crippen molar-refractivity contribution in [3.63, 3.8) is 0 Å².